The minimum Gasteiger partial charge on any atom is -0.395 e. The summed E-state index contributed by atoms with van der Waals surface area (Å²) in [6, 6.07) is 7.09. The quantitative estimate of drug-likeness (QED) is 0.861. The van der Waals surface area contributed by atoms with Crippen LogP contribution in [0, 0.1) is 0 Å². The molecular weight excluding hydrogens is 252 g/mol. The second-order valence-electron chi connectivity index (χ2n) is 3.64. The van der Waals surface area contributed by atoms with Gasteiger partial charge in [-0.05, 0) is 30.7 Å². The van der Waals surface area contributed by atoms with Crippen LogP contribution in [0.1, 0.15) is 12.5 Å². The first-order valence-electron chi connectivity index (χ1n) is 5.75. The largest absolute Gasteiger partial charge is 0.395 e. The molecule has 1 rings (SSSR count). The highest BCUT2D eigenvalue weighted by molar-refractivity contribution is 6.30. The minimum absolute atomic E-state index is 0.0424. The number of benzene rings is 1. The van der Waals surface area contributed by atoms with E-state index in [0.717, 1.165) is 5.56 Å². The van der Waals surface area contributed by atoms with Crippen LogP contribution in [0.3, 0.4) is 0 Å². The molecule has 0 heterocycles. The van der Waals surface area contributed by atoms with Crippen molar-refractivity contribution < 1.29 is 9.90 Å². The van der Waals surface area contributed by atoms with Crippen LogP contribution in [0.4, 0.5) is 4.79 Å². The summed E-state index contributed by atoms with van der Waals surface area (Å²) < 4.78 is 0. The van der Waals surface area contributed by atoms with Crippen molar-refractivity contribution in [3.05, 3.63) is 41.1 Å². The third kappa shape index (κ3) is 4.77. The summed E-state index contributed by atoms with van der Waals surface area (Å²) in [4.78, 5) is 13.2. The Morgan fingerprint density at radius 2 is 2.33 bits per heavy atom. The van der Waals surface area contributed by atoms with Gasteiger partial charge in [0.1, 0.15) is 0 Å². The molecule has 0 aliphatic rings. The lowest BCUT2D eigenvalue weighted by atomic mass is 10.2. The van der Waals surface area contributed by atoms with Gasteiger partial charge in [-0.15, -0.1) is 0 Å². The fraction of sp³-hybridized carbons (Fsp3) is 0.308. The number of carbonyl (C=O) groups is 1. The molecule has 0 radical (unpaired) electrons. The zero-order chi connectivity index (χ0) is 13.4. The molecule has 1 aromatic rings. The second kappa shape index (κ2) is 7.74. The van der Waals surface area contributed by atoms with Gasteiger partial charge in [-0.1, -0.05) is 23.7 Å². The van der Waals surface area contributed by atoms with Crippen LogP contribution < -0.4 is 5.32 Å². The summed E-state index contributed by atoms with van der Waals surface area (Å²) in [5.74, 6) is 0. The van der Waals surface area contributed by atoms with Crippen LogP contribution in [-0.4, -0.2) is 35.7 Å². The zero-order valence-electron chi connectivity index (χ0n) is 10.3. The summed E-state index contributed by atoms with van der Waals surface area (Å²) in [6.45, 7) is 2.69. The number of amides is 2. The molecule has 0 unspecified atom stereocenters. The van der Waals surface area contributed by atoms with Gasteiger partial charge in [0.15, 0.2) is 0 Å². The second-order valence-corrected chi connectivity index (χ2v) is 4.08. The molecule has 4 nitrogen and oxygen atoms in total. The Kier molecular flexibility index (Phi) is 6.25. The average Bonchev–Trinajstić information content (AvgIpc) is 2.36. The Labute approximate surface area is 112 Å². The van der Waals surface area contributed by atoms with Gasteiger partial charge in [0.05, 0.1) is 6.61 Å². The predicted molar refractivity (Wildman–Crippen MR) is 73.4 cm³/mol. The first-order chi connectivity index (χ1) is 8.67. The van der Waals surface area contributed by atoms with Crippen LogP contribution in [0.25, 0.3) is 6.08 Å². The molecule has 2 amide bonds. The Bertz CT molecular complexity index is 421. The molecule has 0 aliphatic heterocycles. The monoisotopic (exact) mass is 268 g/mol. The van der Waals surface area contributed by atoms with E-state index < -0.39 is 0 Å². The summed E-state index contributed by atoms with van der Waals surface area (Å²) in [7, 11) is 0. The average molecular weight is 269 g/mol. The molecule has 0 atom stereocenters. The van der Waals surface area contributed by atoms with Gasteiger partial charge in [0.25, 0.3) is 0 Å². The first-order valence-corrected chi connectivity index (χ1v) is 6.13. The lowest BCUT2D eigenvalue weighted by Gasteiger charge is -2.18. The summed E-state index contributed by atoms with van der Waals surface area (Å²) in [5, 5.41) is 12.1. The van der Waals surface area contributed by atoms with Crippen molar-refractivity contribution in [3.63, 3.8) is 0 Å². The Morgan fingerprint density at radius 1 is 1.56 bits per heavy atom. The number of carbonyl (C=O) groups excluding carboxylic acids is 1. The summed E-state index contributed by atoms with van der Waals surface area (Å²) in [6.07, 6.45) is 3.32. The Hall–Kier alpha value is -1.52. The molecule has 0 aliphatic carbocycles. The zero-order valence-corrected chi connectivity index (χ0v) is 11.0. The van der Waals surface area contributed by atoms with Crippen LogP contribution in [-0.2, 0) is 0 Å². The minimum atomic E-state index is -0.232. The fourth-order valence-electron chi connectivity index (χ4n) is 1.43. The highest BCUT2D eigenvalue weighted by atomic mass is 35.5. The smallest absolute Gasteiger partial charge is 0.321 e. The van der Waals surface area contributed by atoms with Crippen molar-refractivity contribution in [2.75, 3.05) is 19.7 Å². The number of hydrogen-bond acceptors (Lipinski definition) is 2. The van der Waals surface area contributed by atoms with Gasteiger partial charge >= 0.3 is 6.03 Å². The molecule has 0 bridgehead atoms. The summed E-state index contributed by atoms with van der Waals surface area (Å²) in [5.41, 5.74) is 0.910. The third-order valence-electron chi connectivity index (χ3n) is 2.37. The highest BCUT2D eigenvalue weighted by Gasteiger charge is 2.07. The number of aliphatic hydroxyl groups is 1. The van der Waals surface area contributed by atoms with Crippen molar-refractivity contribution in [3.8, 4) is 0 Å². The van der Waals surface area contributed by atoms with Crippen molar-refractivity contribution >= 4 is 23.7 Å². The number of urea groups is 1. The molecule has 0 saturated carbocycles. The Morgan fingerprint density at radius 3 is 2.94 bits per heavy atom. The number of nitrogens with one attached hydrogen (secondary N) is 1. The SMILES string of the molecule is CCN(CCO)C(=O)N/C=C/c1cccc(Cl)c1. The highest BCUT2D eigenvalue weighted by Crippen LogP contribution is 2.11. The number of hydrogen-bond donors (Lipinski definition) is 2. The van der Waals surface area contributed by atoms with Gasteiger partial charge in [0.2, 0.25) is 0 Å². The Balaban J connectivity index is 2.51. The van der Waals surface area contributed by atoms with Gasteiger partial charge in [0, 0.05) is 24.3 Å². The van der Waals surface area contributed by atoms with Crippen molar-refractivity contribution in [2.24, 2.45) is 0 Å². The van der Waals surface area contributed by atoms with E-state index in [4.69, 9.17) is 16.7 Å². The first kappa shape index (κ1) is 14.5. The number of halogens is 1. The standard InChI is InChI=1S/C13H17ClN2O2/c1-2-16(8-9-17)13(18)15-7-6-11-4-3-5-12(14)10-11/h3-7,10,17H,2,8-9H2,1H3,(H,15,18)/b7-6+. The molecular formula is C13H17ClN2O2. The van der Waals surface area contributed by atoms with Crippen molar-refractivity contribution in [1.82, 2.24) is 10.2 Å². The fourth-order valence-corrected chi connectivity index (χ4v) is 1.63. The molecule has 0 spiro atoms. The molecule has 0 fully saturated rings. The normalized spacial score (nSPS) is 10.6. The van der Waals surface area contributed by atoms with E-state index in [0.29, 0.717) is 18.1 Å². The van der Waals surface area contributed by atoms with Crippen LogP contribution in [0.5, 0.6) is 0 Å². The lowest BCUT2D eigenvalue weighted by Crippen LogP contribution is -2.39. The van der Waals surface area contributed by atoms with Gasteiger partial charge in [-0.25, -0.2) is 4.79 Å². The number of nitrogens with zero attached hydrogens (tertiary/aromatic N) is 1. The number of likely N-dealkylation sites (N-methyl/N-ethyl adjacent to an activating group) is 1. The molecule has 2 N–H and O–H groups in total. The molecule has 1 aromatic carbocycles. The maximum atomic E-state index is 11.6. The van der Waals surface area contributed by atoms with Gasteiger partial charge in [-0.2, -0.15) is 0 Å². The number of aliphatic hydroxyl groups excluding tert-OH is 1. The van der Waals surface area contributed by atoms with E-state index in [-0.39, 0.29) is 12.6 Å². The van der Waals surface area contributed by atoms with E-state index in [1.165, 1.54) is 4.90 Å². The topological polar surface area (TPSA) is 52.6 Å². The predicted octanol–water partition coefficient (Wildman–Crippen LogP) is 2.33. The third-order valence-corrected chi connectivity index (χ3v) is 2.61. The summed E-state index contributed by atoms with van der Waals surface area (Å²) >= 11 is 5.84. The molecule has 0 saturated heterocycles. The molecule has 98 valence electrons. The van der Waals surface area contributed by atoms with Gasteiger partial charge in [-0.3, -0.25) is 0 Å². The molecule has 0 aromatic heterocycles. The van der Waals surface area contributed by atoms with E-state index in [2.05, 4.69) is 5.32 Å². The van der Waals surface area contributed by atoms with E-state index >= 15 is 0 Å². The van der Waals surface area contributed by atoms with Crippen LogP contribution >= 0.6 is 11.6 Å². The maximum Gasteiger partial charge on any atom is 0.321 e. The van der Waals surface area contributed by atoms with Crippen molar-refractivity contribution in [2.45, 2.75) is 6.92 Å². The van der Waals surface area contributed by atoms with Crippen LogP contribution in [0.15, 0.2) is 30.5 Å². The maximum absolute atomic E-state index is 11.6. The lowest BCUT2D eigenvalue weighted by molar-refractivity contribution is 0.183. The molecule has 18 heavy (non-hydrogen) atoms. The number of rotatable bonds is 5. The van der Waals surface area contributed by atoms with E-state index in [1.54, 1.807) is 24.4 Å². The van der Waals surface area contributed by atoms with Gasteiger partial charge < -0.3 is 15.3 Å². The van der Waals surface area contributed by atoms with Crippen molar-refractivity contribution in [1.29, 1.82) is 0 Å². The van der Waals surface area contributed by atoms with E-state index in [9.17, 15) is 4.79 Å². The van der Waals surface area contributed by atoms with E-state index in [1.807, 2.05) is 19.1 Å². The molecule has 5 heteroatoms. The van der Waals surface area contributed by atoms with Crippen LogP contribution in [0.2, 0.25) is 5.02 Å².